The predicted molar refractivity (Wildman–Crippen MR) is 137 cm³/mol. The van der Waals surface area contributed by atoms with Crippen molar-refractivity contribution in [3.05, 3.63) is 63.2 Å². The molecular weight excluding hydrogens is 547 g/mol. The van der Waals surface area contributed by atoms with Gasteiger partial charge >= 0.3 is 5.97 Å². The number of nitrogens with one attached hydrogen (secondary N) is 1. The van der Waals surface area contributed by atoms with Crippen LogP contribution in [0, 0.1) is 9.49 Å². The van der Waals surface area contributed by atoms with Crippen molar-refractivity contribution in [3.63, 3.8) is 0 Å². The van der Waals surface area contributed by atoms with Crippen LogP contribution in [0.25, 0.3) is 0 Å². The summed E-state index contributed by atoms with van der Waals surface area (Å²) < 4.78 is 11.3. The minimum atomic E-state index is -1.34. The van der Waals surface area contributed by atoms with E-state index in [4.69, 9.17) is 9.47 Å². The Kier molecular flexibility index (Phi) is 7.90. The molecule has 2 aromatic carbocycles. The molecule has 2 amide bonds. The lowest BCUT2D eigenvalue weighted by atomic mass is 10.0. The summed E-state index contributed by atoms with van der Waals surface area (Å²) in [6.45, 7) is 7.70. The van der Waals surface area contributed by atoms with Crippen LogP contribution in [0.3, 0.4) is 0 Å². The molecular formula is C26H31IN2O5. The van der Waals surface area contributed by atoms with Crippen molar-refractivity contribution in [1.82, 2.24) is 10.2 Å². The summed E-state index contributed by atoms with van der Waals surface area (Å²) in [6.07, 6.45) is 0.207. The van der Waals surface area contributed by atoms with Gasteiger partial charge in [-0.15, -0.1) is 0 Å². The molecule has 2 atom stereocenters. The summed E-state index contributed by atoms with van der Waals surface area (Å²) in [5.41, 5.74) is -0.580. The summed E-state index contributed by atoms with van der Waals surface area (Å²) in [6, 6.07) is 14.5. The SMILES string of the molecule is CCOC(=O)[C@@H]1C[C@]1(C(=O)NC(C)(C)C)N(Cc1ccc(OC)cc1)C(=O)c1ccccc1I. The second-order valence-corrected chi connectivity index (χ2v) is 10.5. The lowest BCUT2D eigenvalue weighted by Gasteiger charge is -2.35. The smallest absolute Gasteiger partial charge is 0.311 e. The molecule has 0 aliphatic heterocycles. The van der Waals surface area contributed by atoms with E-state index in [9.17, 15) is 14.4 Å². The van der Waals surface area contributed by atoms with Crippen molar-refractivity contribution in [2.75, 3.05) is 13.7 Å². The average molecular weight is 578 g/mol. The average Bonchev–Trinajstić information content (AvgIpc) is 3.54. The third kappa shape index (κ3) is 5.54. The molecule has 1 aliphatic rings. The minimum Gasteiger partial charge on any atom is -0.497 e. The highest BCUT2D eigenvalue weighted by Crippen LogP contribution is 2.51. The zero-order valence-corrected chi connectivity index (χ0v) is 22.3. The number of rotatable bonds is 8. The van der Waals surface area contributed by atoms with Gasteiger partial charge in [0.25, 0.3) is 5.91 Å². The van der Waals surface area contributed by atoms with E-state index in [0.29, 0.717) is 11.3 Å². The van der Waals surface area contributed by atoms with E-state index in [-0.39, 0.29) is 31.4 Å². The predicted octanol–water partition coefficient (Wildman–Crippen LogP) is 4.18. The number of methoxy groups -OCH3 is 1. The van der Waals surface area contributed by atoms with Crippen LogP contribution in [0.5, 0.6) is 5.75 Å². The zero-order valence-electron chi connectivity index (χ0n) is 20.2. The normalized spacial score (nSPS) is 19.2. The first kappa shape index (κ1) is 26.0. The fraction of sp³-hybridized carbons (Fsp3) is 0.423. The molecule has 0 aromatic heterocycles. The quantitative estimate of drug-likeness (QED) is 0.376. The Labute approximate surface area is 214 Å². The molecule has 0 radical (unpaired) electrons. The Bertz CT molecular complexity index is 1060. The summed E-state index contributed by atoms with van der Waals surface area (Å²) >= 11 is 2.11. The van der Waals surface area contributed by atoms with Crippen LogP contribution in [0.15, 0.2) is 48.5 Å². The molecule has 0 unspecified atom stereocenters. The second kappa shape index (κ2) is 10.3. The van der Waals surface area contributed by atoms with Crippen molar-refractivity contribution in [3.8, 4) is 5.75 Å². The molecule has 8 heteroatoms. The van der Waals surface area contributed by atoms with Crippen LogP contribution >= 0.6 is 22.6 Å². The third-order valence-electron chi connectivity index (χ3n) is 5.72. The molecule has 1 fully saturated rings. The van der Waals surface area contributed by atoms with E-state index in [1.807, 2.05) is 57.2 Å². The van der Waals surface area contributed by atoms with E-state index in [2.05, 4.69) is 27.9 Å². The first-order chi connectivity index (χ1) is 16.0. The number of halogens is 1. The Morgan fingerprint density at radius 1 is 1.12 bits per heavy atom. The van der Waals surface area contributed by atoms with E-state index in [1.54, 1.807) is 26.2 Å². The van der Waals surface area contributed by atoms with E-state index in [0.717, 1.165) is 9.13 Å². The van der Waals surface area contributed by atoms with Gasteiger partial charge in [-0.05, 0) is 86.5 Å². The molecule has 0 saturated heterocycles. The molecule has 0 spiro atoms. The first-order valence-corrected chi connectivity index (χ1v) is 12.3. The summed E-state index contributed by atoms with van der Waals surface area (Å²) in [4.78, 5) is 42.0. The number of carbonyl (C=O) groups is 3. The van der Waals surface area contributed by atoms with Crippen LogP contribution in [-0.2, 0) is 20.9 Å². The number of nitrogens with zero attached hydrogens (tertiary/aromatic N) is 1. The highest BCUT2D eigenvalue weighted by Gasteiger charge is 2.69. The summed E-state index contributed by atoms with van der Waals surface area (Å²) in [7, 11) is 1.59. The number of benzene rings is 2. The van der Waals surface area contributed by atoms with Crippen molar-refractivity contribution >= 4 is 40.4 Å². The van der Waals surface area contributed by atoms with Crippen molar-refractivity contribution in [1.29, 1.82) is 0 Å². The topological polar surface area (TPSA) is 84.9 Å². The molecule has 3 rings (SSSR count). The largest absolute Gasteiger partial charge is 0.497 e. The van der Waals surface area contributed by atoms with Gasteiger partial charge in [-0.25, -0.2) is 0 Å². The number of ether oxygens (including phenoxy) is 2. The molecule has 182 valence electrons. The number of esters is 1. The van der Waals surface area contributed by atoms with E-state index < -0.39 is 23.0 Å². The monoisotopic (exact) mass is 578 g/mol. The Morgan fingerprint density at radius 2 is 1.76 bits per heavy atom. The van der Waals surface area contributed by atoms with Crippen molar-refractivity contribution in [2.24, 2.45) is 5.92 Å². The fourth-order valence-electron chi connectivity index (χ4n) is 3.98. The van der Waals surface area contributed by atoms with E-state index in [1.165, 1.54) is 4.90 Å². The lowest BCUT2D eigenvalue weighted by molar-refractivity contribution is -0.147. The highest BCUT2D eigenvalue weighted by atomic mass is 127. The standard InChI is InChI=1S/C26H31IN2O5/c1-6-34-23(31)20-15-26(20,24(32)28-25(2,3)4)29(16-17-11-13-18(33-5)14-12-17)22(30)19-9-7-8-10-21(19)27/h7-14,20H,6,15-16H2,1-5H3,(H,28,32)/t20-,26-/m0/s1. The van der Waals surface area contributed by atoms with Crippen LogP contribution < -0.4 is 10.1 Å². The van der Waals surface area contributed by atoms with Gasteiger partial charge in [0.2, 0.25) is 5.91 Å². The molecule has 34 heavy (non-hydrogen) atoms. The molecule has 2 aromatic rings. The van der Waals surface area contributed by atoms with Gasteiger partial charge in [-0.3, -0.25) is 14.4 Å². The maximum absolute atomic E-state index is 13.9. The maximum atomic E-state index is 13.9. The van der Waals surface area contributed by atoms with Gasteiger partial charge in [0, 0.05) is 15.7 Å². The van der Waals surface area contributed by atoms with Crippen LogP contribution in [0.1, 0.15) is 50.0 Å². The molecule has 0 heterocycles. The Hall–Kier alpha value is -2.62. The maximum Gasteiger partial charge on any atom is 0.311 e. The number of carbonyl (C=O) groups excluding carboxylic acids is 3. The molecule has 1 aliphatic carbocycles. The molecule has 1 saturated carbocycles. The number of hydrogen-bond donors (Lipinski definition) is 1. The van der Waals surface area contributed by atoms with Crippen molar-refractivity contribution in [2.45, 2.75) is 51.7 Å². The Balaban J connectivity index is 2.09. The van der Waals surface area contributed by atoms with Gasteiger partial charge in [-0.1, -0.05) is 24.3 Å². The van der Waals surface area contributed by atoms with Gasteiger partial charge in [-0.2, -0.15) is 0 Å². The number of hydrogen-bond acceptors (Lipinski definition) is 5. The molecule has 0 bridgehead atoms. The lowest BCUT2D eigenvalue weighted by Crippen LogP contribution is -2.57. The summed E-state index contributed by atoms with van der Waals surface area (Å²) in [5.74, 6) is -1.18. The Morgan fingerprint density at radius 3 is 2.32 bits per heavy atom. The minimum absolute atomic E-state index is 0.154. The van der Waals surface area contributed by atoms with Gasteiger partial charge in [0.15, 0.2) is 0 Å². The van der Waals surface area contributed by atoms with Crippen molar-refractivity contribution < 1.29 is 23.9 Å². The van der Waals surface area contributed by atoms with Gasteiger partial charge < -0.3 is 19.7 Å². The van der Waals surface area contributed by atoms with Crippen LogP contribution in [0.2, 0.25) is 0 Å². The first-order valence-electron chi connectivity index (χ1n) is 11.2. The van der Waals surface area contributed by atoms with Crippen LogP contribution in [-0.4, -0.2) is 47.5 Å². The zero-order chi connectivity index (χ0) is 25.1. The molecule has 7 nitrogen and oxygen atoms in total. The summed E-state index contributed by atoms with van der Waals surface area (Å²) in [5, 5.41) is 2.99. The highest BCUT2D eigenvalue weighted by molar-refractivity contribution is 14.1. The van der Waals surface area contributed by atoms with E-state index >= 15 is 0 Å². The second-order valence-electron chi connectivity index (χ2n) is 9.36. The number of amides is 2. The van der Waals surface area contributed by atoms with Gasteiger partial charge in [0.05, 0.1) is 25.2 Å². The molecule has 1 N–H and O–H groups in total. The fourth-order valence-corrected chi connectivity index (χ4v) is 4.60. The third-order valence-corrected chi connectivity index (χ3v) is 6.66. The van der Waals surface area contributed by atoms with Crippen LogP contribution in [0.4, 0.5) is 0 Å². The van der Waals surface area contributed by atoms with Gasteiger partial charge in [0.1, 0.15) is 11.3 Å².